The second-order valence-electron chi connectivity index (χ2n) is 4.87. The van der Waals surface area contributed by atoms with E-state index in [4.69, 9.17) is 27.9 Å². The van der Waals surface area contributed by atoms with Crippen molar-refractivity contribution in [1.29, 1.82) is 0 Å². The van der Waals surface area contributed by atoms with E-state index < -0.39 is 0 Å². The molecule has 1 aliphatic heterocycles. The SMILES string of the molecule is ClCC(CCl)(CC1CCCO1)c1ccccc1Br. The summed E-state index contributed by atoms with van der Waals surface area (Å²) in [5, 5.41) is 0. The molecule has 0 N–H and O–H groups in total. The largest absolute Gasteiger partial charge is 0.378 e. The van der Waals surface area contributed by atoms with Crippen LogP contribution in [0.25, 0.3) is 0 Å². The van der Waals surface area contributed by atoms with Crippen molar-refractivity contribution in [2.24, 2.45) is 0 Å². The molecule has 18 heavy (non-hydrogen) atoms. The van der Waals surface area contributed by atoms with E-state index >= 15 is 0 Å². The maximum absolute atomic E-state index is 6.25. The van der Waals surface area contributed by atoms with Crippen molar-refractivity contribution in [2.45, 2.75) is 30.8 Å². The zero-order valence-electron chi connectivity index (χ0n) is 10.2. The summed E-state index contributed by atoms with van der Waals surface area (Å²) in [6.45, 7) is 0.862. The van der Waals surface area contributed by atoms with Gasteiger partial charge in [0.2, 0.25) is 0 Å². The van der Waals surface area contributed by atoms with Crippen molar-refractivity contribution in [2.75, 3.05) is 18.4 Å². The first-order valence-corrected chi connectivity index (χ1v) is 8.06. The summed E-state index contributed by atoms with van der Waals surface area (Å²) < 4.78 is 6.81. The molecule has 0 amide bonds. The Morgan fingerprint density at radius 3 is 2.56 bits per heavy atom. The topological polar surface area (TPSA) is 9.23 Å². The van der Waals surface area contributed by atoms with Crippen molar-refractivity contribution in [3.63, 3.8) is 0 Å². The summed E-state index contributed by atoms with van der Waals surface area (Å²) in [6, 6.07) is 8.18. The summed E-state index contributed by atoms with van der Waals surface area (Å²) >= 11 is 16.1. The molecule has 0 bridgehead atoms. The van der Waals surface area contributed by atoms with E-state index in [1.54, 1.807) is 0 Å². The molecule has 0 saturated carbocycles. The number of hydrogen-bond donors (Lipinski definition) is 0. The van der Waals surface area contributed by atoms with Gasteiger partial charge in [-0.15, -0.1) is 23.2 Å². The molecule has 0 radical (unpaired) electrons. The van der Waals surface area contributed by atoms with Crippen LogP contribution in [0.3, 0.4) is 0 Å². The molecule has 0 aliphatic carbocycles. The third kappa shape index (κ3) is 3.04. The highest BCUT2D eigenvalue weighted by molar-refractivity contribution is 9.10. The molecule has 1 aromatic carbocycles. The maximum Gasteiger partial charge on any atom is 0.0585 e. The van der Waals surface area contributed by atoms with Gasteiger partial charge in [0.05, 0.1) is 6.10 Å². The molecule has 0 aromatic heterocycles. The molecule has 2 rings (SSSR count). The molecular formula is C14H17BrCl2O. The Balaban J connectivity index is 2.27. The minimum absolute atomic E-state index is 0.210. The number of ether oxygens (including phenoxy) is 1. The second kappa shape index (κ2) is 6.60. The maximum atomic E-state index is 6.25. The molecule has 100 valence electrons. The number of rotatable bonds is 5. The lowest BCUT2D eigenvalue weighted by molar-refractivity contribution is 0.0884. The molecule has 1 nitrogen and oxygen atoms in total. The second-order valence-corrected chi connectivity index (χ2v) is 6.26. The van der Waals surface area contributed by atoms with E-state index in [0.717, 1.165) is 30.3 Å². The van der Waals surface area contributed by atoms with Gasteiger partial charge < -0.3 is 4.74 Å². The Morgan fingerprint density at radius 1 is 1.28 bits per heavy atom. The normalized spacial score (nSPS) is 20.3. The first-order chi connectivity index (χ1) is 8.72. The van der Waals surface area contributed by atoms with Gasteiger partial charge in [-0.05, 0) is 30.9 Å². The van der Waals surface area contributed by atoms with E-state index in [0.29, 0.717) is 11.8 Å². The van der Waals surface area contributed by atoms with Gasteiger partial charge >= 0.3 is 0 Å². The monoisotopic (exact) mass is 350 g/mol. The number of benzene rings is 1. The van der Waals surface area contributed by atoms with E-state index in [1.807, 2.05) is 18.2 Å². The third-order valence-electron chi connectivity index (χ3n) is 3.60. The number of hydrogen-bond acceptors (Lipinski definition) is 1. The van der Waals surface area contributed by atoms with Crippen LogP contribution in [0.1, 0.15) is 24.8 Å². The average molecular weight is 352 g/mol. The molecule has 1 heterocycles. The van der Waals surface area contributed by atoms with Crippen LogP contribution in [-0.4, -0.2) is 24.5 Å². The highest BCUT2D eigenvalue weighted by atomic mass is 79.9. The predicted octanol–water partition coefficient (Wildman–Crippen LogP) is 4.73. The summed E-state index contributed by atoms with van der Waals surface area (Å²) in [5.41, 5.74) is 0.976. The minimum Gasteiger partial charge on any atom is -0.378 e. The summed E-state index contributed by atoms with van der Waals surface area (Å²) in [4.78, 5) is 0. The highest BCUT2D eigenvalue weighted by Gasteiger charge is 2.36. The predicted molar refractivity (Wildman–Crippen MR) is 80.9 cm³/mol. The fourth-order valence-electron chi connectivity index (χ4n) is 2.53. The van der Waals surface area contributed by atoms with Gasteiger partial charge in [0.15, 0.2) is 0 Å². The summed E-state index contributed by atoms with van der Waals surface area (Å²) in [5.74, 6) is 1.03. The van der Waals surface area contributed by atoms with E-state index in [9.17, 15) is 0 Å². The van der Waals surface area contributed by atoms with Gasteiger partial charge in [-0.25, -0.2) is 0 Å². The number of halogens is 3. The van der Waals surface area contributed by atoms with Gasteiger partial charge in [0, 0.05) is 28.3 Å². The van der Waals surface area contributed by atoms with Crippen molar-refractivity contribution < 1.29 is 4.74 Å². The van der Waals surface area contributed by atoms with Crippen LogP contribution in [0.4, 0.5) is 0 Å². The summed E-state index contributed by atoms with van der Waals surface area (Å²) in [7, 11) is 0. The molecule has 0 spiro atoms. The van der Waals surface area contributed by atoms with Gasteiger partial charge in [0.1, 0.15) is 0 Å². The summed E-state index contributed by atoms with van der Waals surface area (Å²) in [6.07, 6.45) is 3.43. The molecule has 1 atom stereocenters. The number of alkyl halides is 2. The van der Waals surface area contributed by atoms with E-state index in [2.05, 4.69) is 22.0 Å². The quantitative estimate of drug-likeness (QED) is 0.696. The molecule has 1 saturated heterocycles. The van der Waals surface area contributed by atoms with Gasteiger partial charge in [0.25, 0.3) is 0 Å². The highest BCUT2D eigenvalue weighted by Crippen LogP contribution is 2.38. The van der Waals surface area contributed by atoms with Crippen LogP contribution in [0.5, 0.6) is 0 Å². The zero-order chi connectivity index (χ0) is 13.0. The zero-order valence-corrected chi connectivity index (χ0v) is 13.3. The Morgan fingerprint density at radius 2 is 2.00 bits per heavy atom. The molecular weight excluding hydrogens is 335 g/mol. The standard InChI is InChI=1S/C14H17BrCl2O/c15-13-6-2-1-5-12(13)14(9-16,10-17)8-11-4-3-7-18-11/h1-2,5-6,11H,3-4,7-10H2. The Bertz CT molecular complexity index is 387. The lowest BCUT2D eigenvalue weighted by atomic mass is 9.79. The van der Waals surface area contributed by atoms with Crippen molar-refractivity contribution in [1.82, 2.24) is 0 Å². The van der Waals surface area contributed by atoms with Gasteiger partial charge in [-0.2, -0.15) is 0 Å². The first-order valence-electron chi connectivity index (χ1n) is 6.20. The van der Waals surface area contributed by atoms with E-state index in [1.165, 1.54) is 5.56 Å². The van der Waals surface area contributed by atoms with Crippen LogP contribution < -0.4 is 0 Å². The Hall–Kier alpha value is 0.240. The van der Waals surface area contributed by atoms with Crippen LogP contribution in [0.2, 0.25) is 0 Å². The van der Waals surface area contributed by atoms with Crippen LogP contribution in [0, 0.1) is 0 Å². The lowest BCUT2D eigenvalue weighted by Crippen LogP contribution is -2.35. The smallest absolute Gasteiger partial charge is 0.0585 e. The molecule has 1 fully saturated rings. The van der Waals surface area contributed by atoms with Crippen LogP contribution in [0.15, 0.2) is 28.7 Å². The fraction of sp³-hybridized carbons (Fsp3) is 0.571. The molecule has 1 unspecified atom stereocenters. The van der Waals surface area contributed by atoms with Crippen LogP contribution >= 0.6 is 39.1 Å². The lowest BCUT2D eigenvalue weighted by Gasteiger charge is -2.33. The fourth-order valence-corrected chi connectivity index (χ4v) is 4.03. The molecule has 4 heteroatoms. The Kier molecular flexibility index (Phi) is 5.37. The average Bonchev–Trinajstić information content (AvgIpc) is 2.90. The first kappa shape index (κ1) is 14.6. The van der Waals surface area contributed by atoms with Gasteiger partial charge in [-0.1, -0.05) is 34.1 Å². The van der Waals surface area contributed by atoms with Crippen molar-refractivity contribution in [3.05, 3.63) is 34.3 Å². The Labute approximate surface area is 127 Å². The van der Waals surface area contributed by atoms with Crippen molar-refractivity contribution >= 4 is 39.1 Å². The minimum atomic E-state index is -0.210. The third-order valence-corrected chi connectivity index (χ3v) is 5.31. The van der Waals surface area contributed by atoms with Crippen molar-refractivity contribution in [3.8, 4) is 0 Å². The molecule has 1 aromatic rings. The van der Waals surface area contributed by atoms with E-state index in [-0.39, 0.29) is 11.5 Å². The van der Waals surface area contributed by atoms with Crippen LogP contribution in [-0.2, 0) is 10.2 Å². The van der Waals surface area contributed by atoms with Gasteiger partial charge in [-0.3, -0.25) is 0 Å². The molecule has 1 aliphatic rings.